The van der Waals surface area contributed by atoms with E-state index < -0.39 is 0 Å². The summed E-state index contributed by atoms with van der Waals surface area (Å²) in [7, 11) is 1.97. The highest BCUT2D eigenvalue weighted by Crippen LogP contribution is 2.26. The maximum absolute atomic E-state index is 3.17. The third-order valence-electron chi connectivity index (χ3n) is 2.50. The number of nitrogens with one attached hydrogen (secondary N) is 1. The predicted molar refractivity (Wildman–Crippen MR) is 67.3 cm³/mol. The molecule has 0 aliphatic carbocycles. The number of benzene rings is 1. The zero-order valence-electron chi connectivity index (χ0n) is 9.08. The van der Waals surface area contributed by atoms with Crippen molar-refractivity contribution in [2.24, 2.45) is 0 Å². The van der Waals surface area contributed by atoms with E-state index in [-0.39, 0.29) is 0 Å². The van der Waals surface area contributed by atoms with Crippen molar-refractivity contribution in [2.75, 3.05) is 7.05 Å². The second-order valence-corrected chi connectivity index (χ2v) is 4.47. The van der Waals surface area contributed by atoms with Gasteiger partial charge in [-0.15, -0.1) is 0 Å². The molecule has 0 bridgehead atoms. The highest BCUT2D eigenvalue weighted by molar-refractivity contribution is 7.08. The summed E-state index contributed by atoms with van der Waals surface area (Å²) in [6, 6.07) is 8.83. The Kier molecular flexibility index (Phi) is 3.19. The first-order chi connectivity index (χ1) is 7.31. The van der Waals surface area contributed by atoms with Crippen molar-refractivity contribution in [1.82, 2.24) is 5.32 Å². The van der Waals surface area contributed by atoms with Crippen molar-refractivity contribution in [3.8, 4) is 11.1 Å². The number of thiophene rings is 1. The van der Waals surface area contributed by atoms with Crippen LogP contribution in [0.3, 0.4) is 0 Å². The molecule has 2 aromatic rings. The lowest BCUT2D eigenvalue weighted by Crippen LogP contribution is -2.05. The van der Waals surface area contributed by atoms with Gasteiger partial charge in [0.25, 0.3) is 0 Å². The fourth-order valence-electron chi connectivity index (χ4n) is 1.78. The smallest absolute Gasteiger partial charge is 0.0202 e. The van der Waals surface area contributed by atoms with E-state index in [0.29, 0.717) is 0 Å². The van der Waals surface area contributed by atoms with Crippen LogP contribution in [0.25, 0.3) is 11.1 Å². The van der Waals surface area contributed by atoms with Crippen LogP contribution in [-0.2, 0) is 6.54 Å². The van der Waals surface area contributed by atoms with Gasteiger partial charge in [-0.2, -0.15) is 11.3 Å². The summed E-state index contributed by atoms with van der Waals surface area (Å²) in [5, 5.41) is 7.48. The van der Waals surface area contributed by atoms with Crippen LogP contribution < -0.4 is 5.32 Å². The van der Waals surface area contributed by atoms with Crippen molar-refractivity contribution < 1.29 is 0 Å². The van der Waals surface area contributed by atoms with Gasteiger partial charge in [0.05, 0.1) is 0 Å². The van der Waals surface area contributed by atoms with Crippen LogP contribution in [0.5, 0.6) is 0 Å². The molecule has 1 heterocycles. The molecule has 0 atom stereocenters. The van der Waals surface area contributed by atoms with Crippen LogP contribution >= 0.6 is 11.3 Å². The molecule has 0 saturated heterocycles. The van der Waals surface area contributed by atoms with Crippen molar-refractivity contribution in [3.63, 3.8) is 0 Å². The minimum Gasteiger partial charge on any atom is -0.316 e. The SMILES string of the molecule is CNCc1ccc(-c2ccsc2)c(C)c1. The molecule has 15 heavy (non-hydrogen) atoms. The highest BCUT2D eigenvalue weighted by Gasteiger charge is 2.02. The Hall–Kier alpha value is -1.12. The summed E-state index contributed by atoms with van der Waals surface area (Å²) in [5.41, 5.74) is 5.36. The van der Waals surface area contributed by atoms with Gasteiger partial charge in [0.15, 0.2) is 0 Å². The Morgan fingerprint density at radius 1 is 1.27 bits per heavy atom. The van der Waals surface area contributed by atoms with Gasteiger partial charge < -0.3 is 5.32 Å². The van der Waals surface area contributed by atoms with E-state index in [1.165, 1.54) is 22.3 Å². The number of hydrogen-bond donors (Lipinski definition) is 1. The maximum Gasteiger partial charge on any atom is 0.0202 e. The Bertz CT molecular complexity index is 432. The first-order valence-corrected chi connectivity index (χ1v) is 6.02. The average Bonchev–Trinajstić information content (AvgIpc) is 2.71. The van der Waals surface area contributed by atoms with E-state index >= 15 is 0 Å². The number of aryl methyl sites for hydroxylation is 1. The summed E-state index contributed by atoms with van der Waals surface area (Å²) >= 11 is 1.75. The molecule has 78 valence electrons. The van der Waals surface area contributed by atoms with Gasteiger partial charge in [-0.25, -0.2) is 0 Å². The summed E-state index contributed by atoms with van der Waals surface area (Å²) in [4.78, 5) is 0. The van der Waals surface area contributed by atoms with Crippen LogP contribution in [0.15, 0.2) is 35.0 Å². The largest absolute Gasteiger partial charge is 0.316 e. The second-order valence-electron chi connectivity index (χ2n) is 3.69. The minimum absolute atomic E-state index is 0.935. The molecular formula is C13H15NS. The van der Waals surface area contributed by atoms with Gasteiger partial charge in [0, 0.05) is 6.54 Å². The van der Waals surface area contributed by atoms with E-state index in [2.05, 4.69) is 47.3 Å². The van der Waals surface area contributed by atoms with E-state index in [0.717, 1.165) is 6.54 Å². The van der Waals surface area contributed by atoms with Gasteiger partial charge in [-0.3, -0.25) is 0 Å². The molecule has 1 N–H and O–H groups in total. The molecule has 0 saturated carbocycles. The lowest BCUT2D eigenvalue weighted by atomic mass is 10.0. The maximum atomic E-state index is 3.17. The zero-order valence-corrected chi connectivity index (χ0v) is 9.90. The van der Waals surface area contributed by atoms with E-state index in [1.807, 2.05) is 7.05 Å². The number of hydrogen-bond acceptors (Lipinski definition) is 2. The Morgan fingerprint density at radius 3 is 2.73 bits per heavy atom. The molecule has 1 aromatic carbocycles. The van der Waals surface area contributed by atoms with E-state index in [1.54, 1.807) is 11.3 Å². The first-order valence-electron chi connectivity index (χ1n) is 5.08. The molecule has 0 amide bonds. The van der Waals surface area contributed by atoms with Crippen LogP contribution in [-0.4, -0.2) is 7.05 Å². The van der Waals surface area contributed by atoms with Crippen LogP contribution in [0.1, 0.15) is 11.1 Å². The van der Waals surface area contributed by atoms with Crippen molar-refractivity contribution in [3.05, 3.63) is 46.2 Å². The fraction of sp³-hybridized carbons (Fsp3) is 0.231. The second kappa shape index (κ2) is 4.60. The van der Waals surface area contributed by atoms with Crippen molar-refractivity contribution >= 4 is 11.3 Å². The van der Waals surface area contributed by atoms with Gasteiger partial charge in [-0.05, 0) is 53.1 Å². The molecule has 1 nitrogen and oxygen atoms in total. The standard InChI is InChI=1S/C13H15NS/c1-10-7-11(8-14-2)3-4-13(10)12-5-6-15-9-12/h3-7,9,14H,8H2,1-2H3. The monoisotopic (exact) mass is 217 g/mol. The van der Waals surface area contributed by atoms with Gasteiger partial charge in [-0.1, -0.05) is 18.2 Å². The van der Waals surface area contributed by atoms with Crippen LogP contribution in [0, 0.1) is 6.92 Å². The molecule has 0 aliphatic rings. The molecule has 2 heteroatoms. The quantitative estimate of drug-likeness (QED) is 0.830. The molecular weight excluding hydrogens is 202 g/mol. The Morgan fingerprint density at radius 2 is 2.13 bits per heavy atom. The molecule has 0 unspecified atom stereocenters. The lowest BCUT2D eigenvalue weighted by molar-refractivity contribution is 0.817. The van der Waals surface area contributed by atoms with Gasteiger partial charge in [0.1, 0.15) is 0 Å². The first kappa shape index (κ1) is 10.4. The van der Waals surface area contributed by atoms with Crippen molar-refractivity contribution in [2.45, 2.75) is 13.5 Å². The normalized spacial score (nSPS) is 10.5. The average molecular weight is 217 g/mol. The third-order valence-corrected chi connectivity index (χ3v) is 3.19. The Labute approximate surface area is 94.8 Å². The third kappa shape index (κ3) is 2.28. The predicted octanol–water partition coefficient (Wildman–Crippen LogP) is 3.44. The lowest BCUT2D eigenvalue weighted by Gasteiger charge is -2.06. The summed E-state index contributed by atoms with van der Waals surface area (Å²) in [5.74, 6) is 0. The zero-order chi connectivity index (χ0) is 10.7. The van der Waals surface area contributed by atoms with Crippen LogP contribution in [0.4, 0.5) is 0 Å². The van der Waals surface area contributed by atoms with Gasteiger partial charge >= 0.3 is 0 Å². The summed E-state index contributed by atoms with van der Waals surface area (Å²) in [6.45, 7) is 3.11. The van der Waals surface area contributed by atoms with Crippen molar-refractivity contribution in [1.29, 1.82) is 0 Å². The molecule has 0 spiro atoms. The summed E-state index contributed by atoms with van der Waals surface area (Å²) in [6.07, 6.45) is 0. The molecule has 0 aliphatic heterocycles. The molecule has 0 radical (unpaired) electrons. The van der Waals surface area contributed by atoms with Crippen LogP contribution in [0.2, 0.25) is 0 Å². The molecule has 1 aromatic heterocycles. The molecule has 0 fully saturated rings. The molecule has 2 rings (SSSR count). The topological polar surface area (TPSA) is 12.0 Å². The summed E-state index contributed by atoms with van der Waals surface area (Å²) < 4.78 is 0. The Balaban J connectivity index is 2.35. The highest BCUT2D eigenvalue weighted by atomic mass is 32.1. The fourth-order valence-corrected chi connectivity index (χ4v) is 2.44. The number of rotatable bonds is 3. The van der Waals surface area contributed by atoms with E-state index in [4.69, 9.17) is 0 Å². The van der Waals surface area contributed by atoms with E-state index in [9.17, 15) is 0 Å². The van der Waals surface area contributed by atoms with Gasteiger partial charge in [0.2, 0.25) is 0 Å². The minimum atomic E-state index is 0.935.